The lowest BCUT2D eigenvalue weighted by molar-refractivity contribution is -0.135. The number of para-hydroxylation sites is 1. The molecule has 0 heterocycles. The predicted octanol–water partition coefficient (Wildman–Crippen LogP) is 3.46. The van der Waals surface area contributed by atoms with Crippen molar-refractivity contribution in [1.82, 2.24) is 0 Å². The number of carbonyl (C=O) groups is 2. The van der Waals surface area contributed by atoms with Gasteiger partial charge in [-0.05, 0) is 36.4 Å². The summed E-state index contributed by atoms with van der Waals surface area (Å²) in [5, 5.41) is 12.1. The van der Waals surface area contributed by atoms with Gasteiger partial charge in [-0.1, -0.05) is 29.8 Å². The zero-order valence-corrected chi connectivity index (χ0v) is 11.7. The number of rotatable bonds is 4. The number of hydrogen-bond acceptors (Lipinski definition) is 2. The van der Waals surface area contributed by atoms with Crippen LogP contribution >= 0.6 is 11.6 Å². The molecule has 0 saturated carbocycles. The van der Waals surface area contributed by atoms with E-state index >= 15 is 0 Å². The normalized spacial score (nSPS) is 9.95. The molecule has 0 bridgehead atoms. The maximum atomic E-state index is 12.3. The summed E-state index contributed by atoms with van der Waals surface area (Å²) in [4.78, 5) is 24.3. The van der Waals surface area contributed by atoms with Gasteiger partial charge in [-0.15, -0.1) is 0 Å². The average Bonchev–Trinajstić information content (AvgIpc) is 2.46. The molecule has 6 heteroatoms. The third kappa shape index (κ3) is 4.22. The minimum Gasteiger partial charge on any atom is -0.480 e. The van der Waals surface area contributed by atoms with E-state index < -0.39 is 18.5 Å². The SMILES string of the molecule is O=C(O)CN(C(=O)Nc1ccccc1)c1ccc(Cl)cc1. The molecule has 0 aliphatic rings. The summed E-state index contributed by atoms with van der Waals surface area (Å²) in [6.07, 6.45) is 0. The maximum absolute atomic E-state index is 12.3. The second-order valence-corrected chi connectivity index (χ2v) is 4.69. The Morgan fingerprint density at radius 2 is 1.67 bits per heavy atom. The zero-order chi connectivity index (χ0) is 15.2. The van der Waals surface area contributed by atoms with E-state index in [2.05, 4.69) is 5.32 Å². The molecule has 0 saturated heterocycles. The lowest BCUT2D eigenvalue weighted by Gasteiger charge is -2.21. The molecular formula is C15H13ClN2O3. The summed E-state index contributed by atoms with van der Waals surface area (Å²) >= 11 is 5.80. The summed E-state index contributed by atoms with van der Waals surface area (Å²) in [7, 11) is 0. The van der Waals surface area contributed by atoms with Crippen molar-refractivity contribution in [2.75, 3.05) is 16.8 Å². The molecule has 0 aliphatic heterocycles. The summed E-state index contributed by atoms with van der Waals surface area (Å²) in [6, 6.07) is 14.7. The molecule has 2 aromatic rings. The molecule has 0 unspecified atom stereocenters. The lowest BCUT2D eigenvalue weighted by atomic mass is 10.3. The van der Waals surface area contributed by atoms with Crippen LogP contribution in [0.25, 0.3) is 0 Å². The van der Waals surface area contributed by atoms with Crippen LogP contribution in [0, 0.1) is 0 Å². The molecule has 0 fully saturated rings. The first-order chi connectivity index (χ1) is 10.1. The van der Waals surface area contributed by atoms with Crippen molar-refractivity contribution in [1.29, 1.82) is 0 Å². The minimum absolute atomic E-state index is 0.444. The summed E-state index contributed by atoms with van der Waals surface area (Å²) < 4.78 is 0. The fraction of sp³-hybridized carbons (Fsp3) is 0.0667. The van der Waals surface area contributed by atoms with Crippen LogP contribution in [0.2, 0.25) is 5.02 Å². The van der Waals surface area contributed by atoms with Crippen molar-refractivity contribution in [3.63, 3.8) is 0 Å². The number of nitrogens with one attached hydrogen (secondary N) is 1. The van der Waals surface area contributed by atoms with Gasteiger partial charge in [0.15, 0.2) is 0 Å². The van der Waals surface area contributed by atoms with Gasteiger partial charge in [0.1, 0.15) is 6.54 Å². The summed E-state index contributed by atoms with van der Waals surface area (Å²) in [5.41, 5.74) is 1.04. The molecule has 2 rings (SSSR count). The van der Waals surface area contributed by atoms with E-state index in [-0.39, 0.29) is 0 Å². The largest absolute Gasteiger partial charge is 0.480 e. The van der Waals surface area contributed by atoms with Crippen molar-refractivity contribution in [3.05, 3.63) is 59.6 Å². The number of halogens is 1. The monoisotopic (exact) mass is 304 g/mol. The highest BCUT2D eigenvalue weighted by atomic mass is 35.5. The first kappa shape index (κ1) is 14.9. The fourth-order valence-corrected chi connectivity index (χ4v) is 1.88. The molecular weight excluding hydrogens is 292 g/mol. The Kier molecular flexibility index (Phi) is 4.79. The number of nitrogens with zero attached hydrogens (tertiary/aromatic N) is 1. The highest BCUT2D eigenvalue weighted by Crippen LogP contribution is 2.19. The number of carbonyl (C=O) groups excluding carboxylic acids is 1. The van der Waals surface area contributed by atoms with E-state index in [1.54, 1.807) is 48.5 Å². The third-order valence-corrected chi connectivity index (χ3v) is 2.95. The van der Waals surface area contributed by atoms with Crippen LogP contribution in [0.1, 0.15) is 0 Å². The van der Waals surface area contributed by atoms with Gasteiger partial charge in [-0.2, -0.15) is 0 Å². The minimum atomic E-state index is -1.10. The van der Waals surface area contributed by atoms with E-state index in [0.29, 0.717) is 16.4 Å². The topological polar surface area (TPSA) is 69.6 Å². The van der Waals surface area contributed by atoms with Crippen LogP contribution in [0.15, 0.2) is 54.6 Å². The molecule has 0 atom stereocenters. The van der Waals surface area contributed by atoms with Crippen molar-refractivity contribution in [2.24, 2.45) is 0 Å². The van der Waals surface area contributed by atoms with Crippen molar-refractivity contribution in [2.45, 2.75) is 0 Å². The van der Waals surface area contributed by atoms with Gasteiger partial charge in [0, 0.05) is 16.4 Å². The first-order valence-electron chi connectivity index (χ1n) is 6.17. The van der Waals surface area contributed by atoms with E-state index in [1.807, 2.05) is 6.07 Å². The fourth-order valence-electron chi connectivity index (χ4n) is 1.75. The Morgan fingerprint density at radius 3 is 2.24 bits per heavy atom. The number of aliphatic carboxylic acids is 1. The molecule has 2 amide bonds. The van der Waals surface area contributed by atoms with Crippen LogP contribution in [-0.2, 0) is 4.79 Å². The van der Waals surface area contributed by atoms with Crippen molar-refractivity contribution in [3.8, 4) is 0 Å². The molecule has 21 heavy (non-hydrogen) atoms. The highest BCUT2D eigenvalue weighted by Gasteiger charge is 2.18. The highest BCUT2D eigenvalue weighted by molar-refractivity contribution is 6.30. The van der Waals surface area contributed by atoms with Crippen LogP contribution in [-0.4, -0.2) is 23.7 Å². The van der Waals surface area contributed by atoms with Crippen LogP contribution in [0.3, 0.4) is 0 Å². The molecule has 5 nitrogen and oxygen atoms in total. The number of urea groups is 1. The van der Waals surface area contributed by atoms with E-state index in [0.717, 1.165) is 4.90 Å². The van der Waals surface area contributed by atoms with Crippen LogP contribution < -0.4 is 10.2 Å². The Hall–Kier alpha value is -2.53. The van der Waals surface area contributed by atoms with Gasteiger partial charge in [0.05, 0.1) is 0 Å². The number of benzene rings is 2. The van der Waals surface area contributed by atoms with Crippen molar-refractivity contribution >= 4 is 35.0 Å². The molecule has 108 valence electrons. The number of anilines is 2. The third-order valence-electron chi connectivity index (χ3n) is 2.70. The summed E-state index contributed by atoms with van der Waals surface area (Å²) in [6.45, 7) is -0.444. The quantitative estimate of drug-likeness (QED) is 0.908. The van der Waals surface area contributed by atoms with E-state index in [9.17, 15) is 9.59 Å². The van der Waals surface area contributed by atoms with Crippen molar-refractivity contribution < 1.29 is 14.7 Å². The van der Waals surface area contributed by atoms with E-state index in [1.165, 1.54) is 0 Å². The van der Waals surface area contributed by atoms with Gasteiger partial charge < -0.3 is 10.4 Å². The zero-order valence-electron chi connectivity index (χ0n) is 11.0. The van der Waals surface area contributed by atoms with Gasteiger partial charge in [0.25, 0.3) is 0 Å². The molecule has 2 aromatic carbocycles. The van der Waals surface area contributed by atoms with Gasteiger partial charge in [0.2, 0.25) is 0 Å². The van der Waals surface area contributed by atoms with Gasteiger partial charge in [-0.3, -0.25) is 9.69 Å². The van der Waals surface area contributed by atoms with Gasteiger partial charge >= 0.3 is 12.0 Å². The number of hydrogen-bond donors (Lipinski definition) is 2. The Balaban J connectivity index is 2.21. The second kappa shape index (κ2) is 6.76. The van der Waals surface area contributed by atoms with Gasteiger partial charge in [-0.25, -0.2) is 4.79 Å². The second-order valence-electron chi connectivity index (χ2n) is 4.25. The number of amides is 2. The molecule has 0 aliphatic carbocycles. The molecule has 0 radical (unpaired) electrons. The summed E-state index contributed by atoms with van der Waals surface area (Å²) in [5.74, 6) is -1.10. The predicted molar refractivity (Wildman–Crippen MR) is 81.9 cm³/mol. The standard InChI is InChI=1S/C15H13ClN2O3/c16-11-6-8-13(9-7-11)18(10-14(19)20)15(21)17-12-4-2-1-3-5-12/h1-9H,10H2,(H,17,21)(H,19,20). The molecule has 2 N–H and O–H groups in total. The first-order valence-corrected chi connectivity index (χ1v) is 6.55. The Labute approximate surface area is 126 Å². The van der Waals surface area contributed by atoms with Crippen LogP contribution in [0.4, 0.5) is 16.2 Å². The lowest BCUT2D eigenvalue weighted by Crippen LogP contribution is -2.38. The average molecular weight is 305 g/mol. The molecule has 0 aromatic heterocycles. The molecule has 0 spiro atoms. The smallest absolute Gasteiger partial charge is 0.326 e. The van der Waals surface area contributed by atoms with Crippen LogP contribution in [0.5, 0.6) is 0 Å². The number of carboxylic acids is 1. The maximum Gasteiger partial charge on any atom is 0.326 e. The van der Waals surface area contributed by atoms with E-state index in [4.69, 9.17) is 16.7 Å². The number of carboxylic acid groups (broad SMARTS) is 1. The Bertz CT molecular complexity index is 629. The Morgan fingerprint density at radius 1 is 1.05 bits per heavy atom.